The van der Waals surface area contributed by atoms with Gasteiger partial charge in [0.1, 0.15) is 11.2 Å². The lowest BCUT2D eigenvalue weighted by atomic mass is 10.1. The summed E-state index contributed by atoms with van der Waals surface area (Å²) in [6, 6.07) is 9.23. The van der Waals surface area contributed by atoms with Crippen LogP contribution in [0.2, 0.25) is 0 Å². The SMILES string of the molecule is O=C(NCc1ncc[nH]1)C(Cl)c1ccccc1. The summed E-state index contributed by atoms with van der Waals surface area (Å²) in [5.41, 5.74) is 0.783. The van der Waals surface area contributed by atoms with Gasteiger partial charge in [0.25, 0.3) is 0 Å². The maximum Gasteiger partial charge on any atom is 0.242 e. The lowest BCUT2D eigenvalue weighted by Crippen LogP contribution is -2.26. The van der Waals surface area contributed by atoms with Crippen molar-refractivity contribution < 1.29 is 4.79 Å². The molecule has 1 unspecified atom stereocenters. The van der Waals surface area contributed by atoms with Gasteiger partial charge in [-0.2, -0.15) is 0 Å². The molecule has 1 aromatic carbocycles. The minimum Gasteiger partial charge on any atom is -0.347 e. The van der Waals surface area contributed by atoms with E-state index < -0.39 is 5.38 Å². The second-order valence-electron chi connectivity index (χ2n) is 3.53. The number of H-pyrrole nitrogens is 1. The normalized spacial score (nSPS) is 12.1. The number of hydrogen-bond acceptors (Lipinski definition) is 2. The summed E-state index contributed by atoms with van der Waals surface area (Å²) in [5.74, 6) is 0.476. The van der Waals surface area contributed by atoms with Crippen LogP contribution in [0.1, 0.15) is 16.8 Å². The van der Waals surface area contributed by atoms with Gasteiger partial charge in [-0.15, -0.1) is 11.6 Å². The van der Waals surface area contributed by atoms with Gasteiger partial charge in [-0.05, 0) is 5.56 Å². The zero-order chi connectivity index (χ0) is 12.1. The van der Waals surface area contributed by atoms with Crippen LogP contribution in [-0.2, 0) is 11.3 Å². The molecule has 17 heavy (non-hydrogen) atoms. The molecule has 1 heterocycles. The molecule has 1 amide bonds. The molecule has 0 radical (unpaired) electrons. The first-order chi connectivity index (χ1) is 8.27. The molecule has 0 aliphatic rings. The van der Waals surface area contributed by atoms with E-state index in [1.165, 1.54) is 0 Å². The lowest BCUT2D eigenvalue weighted by molar-refractivity contribution is -0.121. The topological polar surface area (TPSA) is 57.8 Å². The van der Waals surface area contributed by atoms with E-state index in [0.717, 1.165) is 5.56 Å². The Labute approximate surface area is 104 Å². The number of hydrogen-bond donors (Lipinski definition) is 2. The lowest BCUT2D eigenvalue weighted by Gasteiger charge is -2.09. The van der Waals surface area contributed by atoms with Crippen LogP contribution in [0.5, 0.6) is 0 Å². The summed E-state index contributed by atoms with van der Waals surface area (Å²) < 4.78 is 0. The van der Waals surface area contributed by atoms with E-state index in [4.69, 9.17) is 11.6 Å². The number of benzene rings is 1. The maximum absolute atomic E-state index is 11.8. The number of nitrogens with zero attached hydrogens (tertiary/aromatic N) is 1. The van der Waals surface area contributed by atoms with E-state index in [-0.39, 0.29) is 5.91 Å². The highest BCUT2D eigenvalue weighted by Gasteiger charge is 2.16. The molecule has 4 nitrogen and oxygen atoms in total. The number of imidazole rings is 1. The maximum atomic E-state index is 11.8. The predicted molar refractivity (Wildman–Crippen MR) is 65.5 cm³/mol. The predicted octanol–water partition coefficient (Wildman–Crippen LogP) is 2.01. The molecule has 0 fully saturated rings. The standard InChI is InChI=1S/C12H12ClN3O/c13-11(9-4-2-1-3-5-9)12(17)16-8-10-14-6-7-15-10/h1-7,11H,8H2,(H,14,15)(H,16,17). The van der Waals surface area contributed by atoms with Gasteiger partial charge in [-0.3, -0.25) is 4.79 Å². The second kappa shape index (κ2) is 5.50. The van der Waals surface area contributed by atoms with E-state index >= 15 is 0 Å². The van der Waals surface area contributed by atoms with Gasteiger partial charge < -0.3 is 10.3 Å². The zero-order valence-corrected chi connectivity index (χ0v) is 9.82. The minimum absolute atomic E-state index is 0.228. The summed E-state index contributed by atoms with van der Waals surface area (Å²) in [5, 5.41) is 2.04. The Bertz CT molecular complexity index is 470. The van der Waals surface area contributed by atoms with Crippen LogP contribution in [0.15, 0.2) is 42.7 Å². The van der Waals surface area contributed by atoms with Crippen LogP contribution < -0.4 is 5.32 Å². The molecule has 2 rings (SSSR count). The number of carbonyl (C=O) groups excluding carboxylic acids is 1. The van der Waals surface area contributed by atoms with Gasteiger partial charge in [-0.1, -0.05) is 30.3 Å². The largest absolute Gasteiger partial charge is 0.347 e. The Morgan fingerprint density at radius 3 is 2.82 bits per heavy atom. The molecule has 1 atom stereocenters. The number of amides is 1. The molecular formula is C12H12ClN3O. The molecule has 0 aliphatic heterocycles. The number of nitrogens with one attached hydrogen (secondary N) is 2. The van der Waals surface area contributed by atoms with Crippen LogP contribution in [-0.4, -0.2) is 15.9 Å². The van der Waals surface area contributed by atoms with Crippen LogP contribution in [0, 0.1) is 0 Å². The summed E-state index contributed by atoms with van der Waals surface area (Å²) >= 11 is 6.05. The number of rotatable bonds is 4. The van der Waals surface area contributed by atoms with Crippen LogP contribution in [0.25, 0.3) is 0 Å². The van der Waals surface area contributed by atoms with E-state index in [1.807, 2.05) is 30.3 Å². The first-order valence-electron chi connectivity index (χ1n) is 5.22. The smallest absolute Gasteiger partial charge is 0.242 e. The van der Waals surface area contributed by atoms with Crippen molar-refractivity contribution in [3.05, 3.63) is 54.1 Å². The van der Waals surface area contributed by atoms with Crippen molar-refractivity contribution >= 4 is 17.5 Å². The van der Waals surface area contributed by atoms with E-state index in [9.17, 15) is 4.79 Å². The fourth-order valence-electron chi connectivity index (χ4n) is 1.43. The molecule has 0 bridgehead atoms. The summed E-state index contributed by atoms with van der Waals surface area (Å²) in [6.07, 6.45) is 3.34. The average molecular weight is 250 g/mol. The number of aromatic amines is 1. The van der Waals surface area contributed by atoms with Gasteiger partial charge >= 0.3 is 0 Å². The van der Waals surface area contributed by atoms with Gasteiger partial charge in [0.05, 0.1) is 6.54 Å². The minimum atomic E-state index is -0.675. The molecule has 0 saturated heterocycles. The van der Waals surface area contributed by atoms with Crippen LogP contribution >= 0.6 is 11.6 Å². The number of carbonyl (C=O) groups is 1. The summed E-state index contributed by atoms with van der Waals surface area (Å²) in [7, 11) is 0. The molecule has 0 aliphatic carbocycles. The van der Waals surface area contributed by atoms with Crippen molar-refractivity contribution in [3.63, 3.8) is 0 Å². The quantitative estimate of drug-likeness (QED) is 0.815. The van der Waals surface area contributed by atoms with Crippen molar-refractivity contribution in [3.8, 4) is 0 Å². The first kappa shape index (κ1) is 11.7. The van der Waals surface area contributed by atoms with Crippen LogP contribution in [0.3, 0.4) is 0 Å². The van der Waals surface area contributed by atoms with Crippen molar-refractivity contribution in [1.29, 1.82) is 0 Å². The van der Waals surface area contributed by atoms with E-state index in [0.29, 0.717) is 12.4 Å². The first-order valence-corrected chi connectivity index (χ1v) is 5.66. The fraction of sp³-hybridized carbons (Fsp3) is 0.167. The molecular weight excluding hydrogens is 238 g/mol. The van der Waals surface area contributed by atoms with Gasteiger partial charge in [0.15, 0.2) is 0 Å². The Morgan fingerprint density at radius 2 is 2.18 bits per heavy atom. The Morgan fingerprint density at radius 1 is 1.41 bits per heavy atom. The molecule has 0 saturated carbocycles. The molecule has 5 heteroatoms. The van der Waals surface area contributed by atoms with Gasteiger partial charge in [0.2, 0.25) is 5.91 Å². The Kier molecular flexibility index (Phi) is 3.77. The number of aromatic nitrogens is 2. The number of halogens is 1. The fourth-order valence-corrected chi connectivity index (χ4v) is 1.65. The highest BCUT2D eigenvalue weighted by atomic mass is 35.5. The molecule has 1 aromatic heterocycles. The monoisotopic (exact) mass is 249 g/mol. The van der Waals surface area contributed by atoms with Crippen molar-refractivity contribution in [2.45, 2.75) is 11.9 Å². The van der Waals surface area contributed by atoms with E-state index in [1.54, 1.807) is 12.4 Å². The molecule has 88 valence electrons. The van der Waals surface area contributed by atoms with Crippen molar-refractivity contribution in [2.24, 2.45) is 0 Å². The van der Waals surface area contributed by atoms with Crippen molar-refractivity contribution in [2.75, 3.05) is 0 Å². The van der Waals surface area contributed by atoms with Crippen LogP contribution in [0.4, 0.5) is 0 Å². The summed E-state index contributed by atoms with van der Waals surface area (Å²) in [6.45, 7) is 0.349. The average Bonchev–Trinajstić information content (AvgIpc) is 2.89. The molecule has 0 spiro atoms. The zero-order valence-electron chi connectivity index (χ0n) is 9.06. The Hall–Kier alpha value is -1.81. The molecule has 2 N–H and O–H groups in total. The van der Waals surface area contributed by atoms with Gasteiger partial charge in [0, 0.05) is 12.4 Å². The molecule has 2 aromatic rings. The van der Waals surface area contributed by atoms with Crippen molar-refractivity contribution in [1.82, 2.24) is 15.3 Å². The second-order valence-corrected chi connectivity index (χ2v) is 3.96. The Balaban J connectivity index is 1.92. The third-order valence-corrected chi connectivity index (χ3v) is 2.76. The highest BCUT2D eigenvalue weighted by molar-refractivity contribution is 6.30. The summed E-state index contributed by atoms with van der Waals surface area (Å²) in [4.78, 5) is 18.7. The van der Waals surface area contributed by atoms with E-state index in [2.05, 4.69) is 15.3 Å². The third-order valence-electron chi connectivity index (χ3n) is 2.31. The van der Waals surface area contributed by atoms with Gasteiger partial charge in [-0.25, -0.2) is 4.98 Å². The number of alkyl halides is 1. The third kappa shape index (κ3) is 3.07. The highest BCUT2D eigenvalue weighted by Crippen LogP contribution is 2.19.